The maximum absolute atomic E-state index is 5.64. The normalized spacial score (nSPS) is 11.8. The molecule has 3 heterocycles. The molecular weight excluding hydrogens is 769 g/mol. The molecule has 13 rings (SSSR count). The van der Waals surface area contributed by atoms with Gasteiger partial charge in [0.1, 0.15) is 17.5 Å². The summed E-state index contributed by atoms with van der Waals surface area (Å²) in [5, 5.41) is 6.89. The molecule has 3 aromatic heterocycles. The third kappa shape index (κ3) is 5.41. The molecule has 0 spiro atoms. The van der Waals surface area contributed by atoms with Crippen molar-refractivity contribution >= 4 is 65.4 Å². The molecule has 0 fully saturated rings. The molecule has 13 aromatic rings. The topological polar surface area (TPSA) is 53.5 Å². The van der Waals surface area contributed by atoms with E-state index in [0.717, 1.165) is 117 Å². The minimum Gasteiger partial charge on any atom is -0.292 e. The fraction of sp³-hybridized carbons (Fsp3) is 0. The van der Waals surface area contributed by atoms with Crippen LogP contribution in [0.4, 0.5) is 0 Å². The highest BCUT2D eigenvalue weighted by Crippen LogP contribution is 2.45. The van der Waals surface area contributed by atoms with Crippen LogP contribution in [0, 0.1) is 0 Å². The number of benzene rings is 10. The summed E-state index contributed by atoms with van der Waals surface area (Å²) in [5.41, 5.74) is 11.7. The Hall–Kier alpha value is -8.61. The molecule has 0 bridgehead atoms. The highest BCUT2D eigenvalue weighted by Gasteiger charge is 2.29. The van der Waals surface area contributed by atoms with E-state index in [-0.39, 0.29) is 0 Å². The quantitative estimate of drug-likeness (QED) is 0.168. The Kier molecular flexibility index (Phi) is 7.80. The summed E-state index contributed by atoms with van der Waals surface area (Å²) < 4.78 is 7.01. The lowest BCUT2D eigenvalue weighted by molar-refractivity contribution is 1.08. The van der Waals surface area contributed by atoms with Gasteiger partial charge in [-0.25, -0.2) is 15.0 Å². The second-order valence-electron chi connectivity index (χ2n) is 16.0. The monoisotopic (exact) mass is 804 g/mol. The Balaban J connectivity index is 1.21. The van der Waals surface area contributed by atoms with E-state index in [2.05, 4.69) is 232 Å². The van der Waals surface area contributed by atoms with Crippen molar-refractivity contribution < 1.29 is 0 Å². The van der Waals surface area contributed by atoms with Gasteiger partial charge in [0, 0.05) is 32.8 Å². The van der Waals surface area contributed by atoms with E-state index < -0.39 is 0 Å². The minimum absolute atomic E-state index is 0.797. The summed E-state index contributed by atoms with van der Waals surface area (Å²) in [5.74, 6) is 2.42. The average Bonchev–Trinajstić information content (AvgIpc) is 4.05. The predicted octanol–water partition coefficient (Wildman–Crippen LogP) is 14.2. The summed E-state index contributed by atoms with van der Waals surface area (Å²) in [4.78, 5) is 16.8. The van der Waals surface area contributed by atoms with Gasteiger partial charge in [-0.2, -0.15) is 0 Å². The van der Waals surface area contributed by atoms with E-state index in [1.807, 2.05) is 0 Å². The van der Waals surface area contributed by atoms with Crippen LogP contribution in [0.1, 0.15) is 0 Å². The summed E-state index contributed by atoms with van der Waals surface area (Å²) in [6.07, 6.45) is 0. The lowest BCUT2D eigenvalue weighted by atomic mass is 9.97. The minimum atomic E-state index is 0.797. The second kappa shape index (κ2) is 14.0. The Morgan fingerprint density at radius 3 is 0.968 bits per heavy atom. The Labute approximate surface area is 362 Å². The molecule has 0 aliphatic rings. The smallest absolute Gasteiger partial charge is 0.147 e. The molecule has 6 heteroatoms. The van der Waals surface area contributed by atoms with Gasteiger partial charge in [-0.15, -0.1) is 0 Å². The maximum atomic E-state index is 5.64. The molecule has 63 heavy (non-hydrogen) atoms. The largest absolute Gasteiger partial charge is 0.292 e. The zero-order valence-corrected chi connectivity index (χ0v) is 34.0. The average molecular weight is 805 g/mol. The number of rotatable bonds is 6. The fourth-order valence-corrected chi connectivity index (χ4v) is 9.71. The standard InChI is InChI=1S/C57H36N6/c1-4-23-40-37(17-1)20-13-34-48(40)61-51-31-10-7-28-45(51)58-55(61)43-26-16-27-44(56-59-46-29-8-11-32-52(46)62(56)49-35-14-21-38-18-2-5-24-41(38)49)54(43)57-60-47-30-9-12-33-53(47)63(57)50-36-15-22-39-19-3-6-25-42(39)50/h1-36H. The van der Waals surface area contributed by atoms with Crippen LogP contribution in [0.5, 0.6) is 0 Å². The van der Waals surface area contributed by atoms with Crippen molar-refractivity contribution in [3.63, 3.8) is 0 Å². The van der Waals surface area contributed by atoms with Crippen LogP contribution in [-0.4, -0.2) is 28.7 Å². The number of para-hydroxylation sites is 6. The SMILES string of the molecule is c1cc(-c2nc3ccccc3n2-c2cccc3ccccc23)c(-c2nc3ccccc3n2-c2cccc3ccccc23)c(-c2nc3ccccc3n2-c2cccc3ccccc23)c1. The molecule has 0 radical (unpaired) electrons. The van der Waals surface area contributed by atoms with E-state index in [1.165, 1.54) is 0 Å². The summed E-state index contributed by atoms with van der Waals surface area (Å²) in [7, 11) is 0. The van der Waals surface area contributed by atoms with Gasteiger partial charge in [-0.05, 0) is 70.8 Å². The first-order chi connectivity index (χ1) is 31.3. The number of imidazole rings is 3. The van der Waals surface area contributed by atoms with Crippen molar-refractivity contribution in [3.05, 3.63) is 218 Å². The second-order valence-corrected chi connectivity index (χ2v) is 16.0. The van der Waals surface area contributed by atoms with Crippen LogP contribution >= 0.6 is 0 Å². The van der Waals surface area contributed by atoms with Gasteiger partial charge in [-0.1, -0.05) is 164 Å². The van der Waals surface area contributed by atoms with E-state index in [1.54, 1.807) is 0 Å². The van der Waals surface area contributed by atoms with Crippen molar-refractivity contribution in [3.8, 4) is 51.2 Å². The molecule has 10 aromatic carbocycles. The first-order valence-corrected chi connectivity index (χ1v) is 21.3. The van der Waals surface area contributed by atoms with Crippen LogP contribution in [0.25, 0.3) is 117 Å². The van der Waals surface area contributed by atoms with E-state index in [4.69, 9.17) is 15.0 Å². The van der Waals surface area contributed by atoms with Gasteiger partial charge in [-0.3, -0.25) is 13.7 Å². The van der Waals surface area contributed by atoms with Crippen molar-refractivity contribution in [2.45, 2.75) is 0 Å². The van der Waals surface area contributed by atoms with Crippen LogP contribution in [-0.2, 0) is 0 Å². The number of aromatic nitrogens is 6. The Bertz CT molecular complexity index is 3750. The summed E-state index contributed by atoms with van der Waals surface area (Å²) >= 11 is 0. The van der Waals surface area contributed by atoms with E-state index in [0.29, 0.717) is 0 Å². The molecular formula is C57H36N6. The van der Waals surface area contributed by atoms with Crippen LogP contribution in [0.15, 0.2) is 218 Å². The third-order valence-electron chi connectivity index (χ3n) is 12.5. The van der Waals surface area contributed by atoms with Gasteiger partial charge in [0.15, 0.2) is 0 Å². The Morgan fingerprint density at radius 2 is 0.556 bits per heavy atom. The summed E-state index contributed by atoms with van der Waals surface area (Å²) in [6, 6.07) is 77.2. The van der Waals surface area contributed by atoms with Crippen molar-refractivity contribution in [1.29, 1.82) is 0 Å². The number of fused-ring (bicyclic) bond motifs is 6. The van der Waals surface area contributed by atoms with Crippen molar-refractivity contribution in [2.75, 3.05) is 0 Å². The first-order valence-electron chi connectivity index (χ1n) is 21.3. The third-order valence-corrected chi connectivity index (χ3v) is 12.5. The molecule has 0 saturated carbocycles. The highest BCUT2D eigenvalue weighted by molar-refractivity contribution is 6.02. The number of nitrogens with zero attached hydrogens (tertiary/aromatic N) is 6. The molecule has 0 amide bonds. The maximum Gasteiger partial charge on any atom is 0.147 e. The van der Waals surface area contributed by atoms with Gasteiger partial charge in [0.2, 0.25) is 0 Å². The lowest BCUT2D eigenvalue weighted by Crippen LogP contribution is -2.06. The van der Waals surface area contributed by atoms with Crippen molar-refractivity contribution in [1.82, 2.24) is 28.7 Å². The van der Waals surface area contributed by atoms with Gasteiger partial charge >= 0.3 is 0 Å². The molecule has 0 saturated heterocycles. The van der Waals surface area contributed by atoms with E-state index >= 15 is 0 Å². The lowest BCUT2D eigenvalue weighted by Gasteiger charge is -2.20. The molecule has 0 aliphatic carbocycles. The molecule has 0 unspecified atom stereocenters. The molecule has 294 valence electrons. The molecule has 0 aliphatic heterocycles. The van der Waals surface area contributed by atoms with Crippen LogP contribution < -0.4 is 0 Å². The summed E-state index contributed by atoms with van der Waals surface area (Å²) in [6.45, 7) is 0. The molecule has 0 N–H and O–H groups in total. The number of hydrogen-bond acceptors (Lipinski definition) is 3. The van der Waals surface area contributed by atoms with Gasteiger partial charge in [0.05, 0.1) is 50.2 Å². The van der Waals surface area contributed by atoms with E-state index in [9.17, 15) is 0 Å². The van der Waals surface area contributed by atoms with Gasteiger partial charge in [0.25, 0.3) is 0 Å². The zero-order chi connectivity index (χ0) is 41.4. The fourth-order valence-electron chi connectivity index (χ4n) is 9.71. The van der Waals surface area contributed by atoms with Gasteiger partial charge < -0.3 is 0 Å². The highest BCUT2D eigenvalue weighted by atomic mass is 15.1. The predicted molar refractivity (Wildman–Crippen MR) is 259 cm³/mol. The number of hydrogen-bond donors (Lipinski definition) is 0. The Morgan fingerprint density at radius 1 is 0.254 bits per heavy atom. The van der Waals surface area contributed by atoms with Crippen LogP contribution in [0.3, 0.4) is 0 Å². The molecule has 0 atom stereocenters. The first kappa shape index (κ1) is 35.2. The zero-order valence-electron chi connectivity index (χ0n) is 34.0. The van der Waals surface area contributed by atoms with Crippen molar-refractivity contribution in [2.24, 2.45) is 0 Å². The van der Waals surface area contributed by atoms with Crippen LogP contribution in [0.2, 0.25) is 0 Å². The molecule has 6 nitrogen and oxygen atoms in total.